The zero-order chi connectivity index (χ0) is 22.9. The number of hydrogen-bond donors (Lipinski definition) is 1. The van der Waals surface area contributed by atoms with E-state index in [1.54, 1.807) is 22.9 Å². The third-order valence-corrected chi connectivity index (χ3v) is 5.46. The molecule has 5 nitrogen and oxygen atoms in total. The minimum atomic E-state index is -0.415. The van der Waals surface area contributed by atoms with Gasteiger partial charge in [-0.15, -0.1) is 0 Å². The summed E-state index contributed by atoms with van der Waals surface area (Å²) in [5, 5.41) is 15.3. The van der Waals surface area contributed by atoms with Crippen molar-refractivity contribution in [2.45, 2.75) is 52.2 Å². The van der Waals surface area contributed by atoms with E-state index in [9.17, 15) is 9.50 Å². The molecule has 2 aromatic carbocycles. The molecule has 3 rings (SSSR count). The molecule has 1 N–H and O–H groups in total. The van der Waals surface area contributed by atoms with Crippen LogP contribution in [-0.2, 0) is 13.6 Å². The molecule has 0 saturated heterocycles. The van der Waals surface area contributed by atoms with Crippen LogP contribution < -0.4 is 4.74 Å². The number of aryl methyl sites for hydroxylation is 1. The molecule has 0 radical (unpaired) electrons. The molecule has 172 valence electrons. The first-order valence-electron chi connectivity index (χ1n) is 11.5. The molecule has 3 aromatic rings. The number of aliphatic hydroxyl groups excluding tert-OH is 1. The van der Waals surface area contributed by atoms with Crippen LogP contribution in [0.25, 0.3) is 11.3 Å². The summed E-state index contributed by atoms with van der Waals surface area (Å²) >= 11 is 0. The molecule has 0 fully saturated rings. The Morgan fingerprint density at radius 3 is 2.47 bits per heavy atom. The van der Waals surface area contributed by atoms with Gasteiger partial charge in [0.15, 0.2) is 11.6 Å². The molecule has 1 unspecified atom stereocenters. The molecular weight excluding hydrogens is 405 g/mol. The highest BCUT2D eigenvalue weighted by atomic mass is 19.1. The fourth-order valence-corrected chi connectivity index (χ4v) is 3.89. The van der Waals surface area contributed by atoms with Gasteiger partial charge in [0.25, 0.3) is 0 Å². The Hall–Kier alpha value is -2.70. The number of hydrogen-bond acceptors (Lipinski definition) is 4. The fraction of sp³-hybridized carbons (Fsp3) is 0.423. The van der Waals surface area contributed by atoms with Crippen LogP contribution in [0, 0.1) is 5.82 Å². The summed E-state index contributed by atoms with van der Waals surface area (Å²) in [4.78, 5) is 2.23. The van der Waals surface area contributed by atoms with E-state index in [1.165, 1.54) is 6.07 Å². The minimum absolute atomic E-state index is 0.168. The lowest BCUT2D eigenvalue weighted by Gasteiger charge is -2.25. The molecular formula is C26H34FN3O2. The molecule has 0 aliphatic heterocycles. The number of rotatable bonds is 12. The first-order chi connectivity index (χ1) is 15.5. The Morgan fingerprint density at radius 1 is 1.06 bits per heavy atom. The van der Waals surface area contributed by atoms with Crippen LogP contribution in [0.3, 0.4) is 0 Å². The van der Waals surface area contributed by atoms with Gasteiger partial charge in [0.05, 0.1) is 11.7 Å². The largest absolute Gasteiger partial charge is 0.436 e. The predicted octanol–water partition coefficient (Wildman–Crippen LogP) is 5.78. The Balaban J connectivity index is 1.97. The minimum Gasteiger partial charge on any atom is -0.436 e. The Morgan fingerprint density at radius 2 is 1.78 bits per heavy atom. The van der Waals surface area contributed by atoms with Crippen molar-refractivity contribution >= 4 is 0 Å². The topological polar surface area (TPSA) is 50.5 Å². The summed E-state index contributed by atoms with van der Waals surface area (Å²) in [6, 6.07) is 16.3. The van der Waals surface area contributed by atoms with Gasteiger partial charge < -0.3 is 9.84 Å². The van der Waals surface area contributed by atoms with Crippen molar-refractivity contribution in [2.75, 3.05) is 13.1 Å². The number of benzene rings is 2. The van der Waals surface area contributed by atoms with Crippen LogP contribution >= 0.6 is 0 Å². The van der Waals surface area contributed by atoms with Crippen LogP contribution in [0.4, 0.5) is 4.39 Å². The molecule has 0 bridgehead atoms. The Labute approximate surface area is 190 Å². The lowest BCUT2D eigenvalue weighted by molar-refractivity contribution is 0.0992. The molecule has 0 saturated carbocycles. The van der Waals surface area contributed by atoms with Crippen molar-refractivity contribution in [3.8, 4) is 22.9 Å². The Kier molecular flexibility index (Phi) is 8.82. The number of aliphatic hydroxyl groups is 1. The van der Waals surface area contributed by atoms with Gasteiger partial charge in [0.2, 0.25) is 5.88 Å². The predicted molar refractivity (Wildman–Crippen MR) is 126 cm³/mol. The highest BCUT2D eigenvalue weighted by molar-refractivity contribution is 5.65. The second-order valence-corrected chi connectivity index (χ2v) is 8.19. The number of aromatic nitrogens is 2. The third-order valence-electron chi connectivity index (χ3n) is 5.46. The number of halogens is 1. The maximum absolute atomic E-state index is 14.3. The quantitative estimate of drug-likeness (QED) is 0.389. The standard InChI is InChI=1S/C26H34FN3O2/c1-4-6-14-21(31)18-30(17-5-2)19-22-25(20-12-8-7-9-13-20)28-29(3)26(22)32-24-16-11-10-15-23(24)27/h7-13,15-16,21,31H,4-6,14,17-19H2,1-3H3. The third kappa shape index (κ3) is 6.17. The maximum atomic E-state index is 14.3. The average Bonchev–Trinajstić information content (AvgIpc) is 3.09. The van der Waals surface area contributed by atoms with E-state index in [-0.39, 0.29) is 11.9 Å². The van der Waals surface area contributed by atoms with Gasteiger partial charge in [-0.2, -0.15) is 5.10 Å². The lowest BCUT2D eigenvalue weighted by atomic mass is 10.1. The highest BCUT2D eigenvalue weighted by Gasteiger charge is 2.23. The van der Waals surface area contributed by atoms with Crippen LogP contribution in [0.1, 0.15) is 45.1 Å². The van der Waals surface area contributed by atoms with E-state index < -0.39 is 5.82 Å². The number of unbranched alkanes of at least 4 members (excludes halogenated alkanes) is 1. The van der Waals surface area contributed by atoms with Crippen LogP contribution in [0.15, 0.2) is 54.6 Å². The maximum Gasteiger partial charge on any atom is 0.222 e. The van der Waals surface area contributed by atoms with Crippen molar-refractivity contribution in [1.29, 1.82) is 0 Å². The first kappa shape index (κ1) is 24.0. The zero-order valence-corrected chi connectivity index (χ0v) is 19.3. The average molecular weight is 440 g/mol. The van der Waals surface area contributed by atoms with Crippen molar-refractivity contribution < 1.29 is 14.2 Å². The van der Waals surface area contributed by atoms with E-state index in [4.69, 9.17) is 9.84 Å². The molecule has 0 amide bonds. The summed E-state index contributed by atoms with van der Waals surface area (Å²) in [6.07, 6.45) is 3.44. The van der Waals surface area contributed by atoms with Crippen molar-refractivity contribution in [2.24, 2.45) is 7.05 Å². The van der Waals surface area contributed by atoms with Gasteiger partial charge in [-0.1, -0.05) is 69.2 Å². The lowest BCUT2D eigenvalue weighted by Crippen LogP contribution is -2.33. The van der Waals surface area contributed by atoms with Crippen molar-refractivity contribution in [1.82, 2.24) is 14.7 Å². The molecule has 6 heteroatoms. The smallest absolute Gasteiger partial charge is 0.222 e. The molecule has 1 aromatic heterocycles. The Bertz CT molecular complexity index is 974. The normalized spacial score (nSPS) is 12.3. The second kappa shape index (κ2) is 11.8. The van der Waals surface area contributed by atoms with Gasteiger partial charge in [0, 0.05) is 25.7 Å². The number of para-hydroxylation sites is 1. The molecule has 0 aliphatic carbocycles. The second-order valence-electron chi connectivity index (χ2n) is 8.19. The van der Waals surface area contributed by atoms with E-state index in [1.807, 2.05) is 37.4 Å². The summed E-state index contributed by atoms with van der Waals surface area (Å²) in [5.74, 6) is 0.265. The van der Waals surface area contributed by atoms with Gasteiger partial charge >= 0.3 is 0 Å². The van der Waals surface area contributed by atoms with Crippen molar-refractivity contribution in [3.05, 3.63) is 66.0 Å². The van der Waals surface area contributed by atoms with Crippen LogP contribution in [-0.4, -0.2) is 39.0 Å². The van der Waals surface area contributed by atoms with E-state index in [2.05, 4.69) is 18.7 Å². The summed E-state index contributed by atoms with van der Waals surface area (Å²) in [6.45, 7) is 6.23. The van der Waals surface area contributed by atoms with Gasteiger partial charge in [0.1, 0.15) is 5.69 Å². The summed E-state index contributed by atoms with van der Waals surface area (Å²) in [5.41, 5.74) is 2.67. The van der Waals surface area contributed by atoms with E-state index in [0.717, 1.165) is 49.0 Å². The van der Waals surface area contributed by atoms with Crippen LogP contribution in [0.5, 0.6) is 11.6 Å². The summed E-state index contributed by atoms with van der Waals surface area (Å²) in [7, 11) is 1.81. The molecule has 1 heterocycles. The van der Waals surface area contributed by atoms with Gasteiger partial charge in [-0.3, -0.25) is 4.90 Å². The van der Waals surface area contributed by atoms with Gasteiger partial charge in [-0.25, -0.2) is 9.07 Å². The molecule has 32 heavy (non-hydrogen) atoms. The van der Waals surface area contributed by atoms with Crippen LogP contribution in [0.2, 0.25) is 0 Å². The van der Waals surface area contributed by atoms with Crippen molar-refractivity contribution in [3.63, 3.8) is 0 Å². The monoisotopic (exact) mass is 439 g/mol. The molecule has 0 spiro atoms. The number of ether oxygens (including phenoxy) is 1. The summed E-state index contributed by atoms with van der Waals surface area (Å²) < 4.78 is 22.1. The van der Waals surface area contributed by atoms with E-state index >= 15 is 0 Å². The first-order valence-corrected chi connectivity index (χ1v) is 11.5. The fourth-order valence-electron chi connectivity index (χ4n) is 3.89. The highest BCUT2D eigenvalue weighted by Crippen LogP contribution is 2.35. The SMILES string of the molecule is CCCCC(O)CN(CCC)Cc1c(-c2ccccc2)nn(C)c1Oc1ccccc1F. The molecule has 0 aliphatic rings. The number of nitrogens with zero attached hydrogens (tertiary/aromatic N) is 3. The van der Waals surface area contributed by atoms with Gasteiger partial charge in [-0.05, 0) is 31.5 Å². The zero-order valence-electron chi connectivity index (χ0n) is 19.3. The van der Waals surface area contributed by atoms with E-state index in [0.29, 0.717) is 19.0 Å². The molecule has 1 atom stereocenters.